The van der Waals surface area contributed by atoms with Gasteiger partial charge >= 0.3 is 0 Å². The van der Waals surface area contributed by atoms with Crippen molar-refractivity contribution < 1.29 is 13.6 Å². The van der Waals surface area contributed by atoms with Crippen LogP contribution in [0, 0.1) is 34.3 Å². The molecule has 0 unspecified atom stereocenters. The molecule has 0 aliphatic heterocycles. The standard InChI is InChI=1S/C20H11F2N5O/c21-16-4-13(5-17(22)7-16)3-12-1-2-19(26-10-12)27-20(28)15-6-14(8-23)18(9-24)25-11-15/h1-2,4-7,10-11H,3H2,(H,26,27,28). The fraction of sp³-hybridized carbons (Fsp3) is 0.0500. The molecule has 6 nitrogen and oxygen atoms in total. The molecule has 0 aliphatic rings. The van der Waals surface area contributed by atoms with Gasteiger partial charge in [0, 0.05) is 18.5 Å². The summed E-state index contributed by atoms with van der Waals surface area (Å²) in [6.45, 7) is 0. The highest BCUT2D eigenvalue weighted by atomic mass is 19.1. The number of hydrogen-bond acceptors (Lipinski definition) is 5. The number of carbonyl (C=O) groups is 1. The lowest BCUT2D eigenvalue weighted by Gasteiger charge is -2.07. The zero-order valence-corrected chi connectivity index (χ0v) is 14.3. The highest BCUT2D eigenvalue weighted by molar-refractivity contribution is 6.03. The lowest BCUT2D eigenvalue weighted by Crippen LogP contribution is -2.14. The average Bonchev–Trinajstić information content (AvgIpc) is 2.68. The molecule has 0 bridgehead atoms. The van der Waals surface area contributed by atoms with Gasteiger partial charge in [-0.3, -0.25) is 4.79 Å². The average molecular weight is 375 g/mol. The molecule has 0 spiro atoms. The number of pyridine rings is 2. The summed E-state index contributed by atoms with van der Waals surface area (Å²) in [7, 11) is 0. The summed E-state index contributed by atoms with van der Waals surface area (Å²) in [5.74, 6) is -1.60. The Balaban J connectivity index is 1.71. The first-order valence-electron chi connectivity index (χ1n) is 8.00. The molecular weight excluding hydrogens is 364 g/mol. The van der Waals surface area contributed by atoms with E-state index in [9.17, 15) is 13.6 Å². The molecule has 0 radical (unpaired) electrons. The monoisotopic (exact) mass is 375 g/mol. The first kappa shape index (κ1) is 18.6. The van der Waals surface area contributed by atoms with Crippen LogP contribution in [0.25, 0.3) is 0 Å². The number of amides is 1. The summed E-state index contributed by atoms with van der Waals surface area (Å²) < 4.78 is 26.5. The third-order valence-corrected chi connectivity index (χ3v) is 3.77. The van der Waals surface area contributed by atoms with Crippen molar-refractivity contribution in [2.45, 2.75) is 6.42 Å². The highest BCUT2D eigenvalue weighted by Crippen LogP contribution is 2.15. The van der Waals surface area contributed by atoms with Gasteiger partial charge in [-0.05, 0) is 41.8 Å². The molecule has 8 heteroatoms. The van der Waals surface area contributed by atoms with E-state index in [4.69, 9.17) is 10.5 Å². The Morgan fingerprint density at radius 3 is 2.32 bits per heavy atom. The van der Waals surface area contributed by atoms with E-state index in [1.807, 2.05) is 6.07 Å². The van der Waals surface area contributed by atoms with Crippen molar-refractivity contribution in [1.82, 2.24) is 9.97 Å². The van der Waals surface area contributed by atoms with Crippen LogP contribution < -0.4 is 5.32 Å². The van der Waals surface area contributed by atoms with Gasteiger partial charge in [-0.1, -0.05) is 6.07 Å². The molecule has 0 saturated heterocycles. The van der Waals surface area contributed by atoms with Gasteiger partial charge in [-0.2, -0.15) is 10.5 Å². The minimum absolute atomic E-state index is 0.000725. The maximum atomic E-state index is 13.3. The zero-order chi connectivity index (χ0) is 20.1. The molecule has 1 N–H and O–H groups in total. The Kier molecular flexibility index (Phi) is 5.33. The molecule has 0 saturated carbocycles. The number of anilines is 1. The van der Waals surface area contributed by atoms with Crippen molar-refractivity contribution in [3.8, 4) is 12.1 Å². The van der Waals surface area contributed by atoms with E-state index < -0.39 is 17.5 Å². The zero-order valence-electron chi connectivity index (χ0n) is 14.3. The van der Waals surface area contributed by atoms with E-state index in [1.54, 1.807) is 18.2 Å². The summed E-state index contributed by atoms with van der Waals surface area (Å²) in [6.07, 6.45) is 2.96. The molecule has 1 aromatic carbocycles. The normalized spacial score (nSPS) is 10.0. The van der Waals surface area contributed by atoms with Gasteiger partial charge in [-0.15, -0.1) is 0 Å². The molecule has 0 aliphatic carbocycles. The van der Waals surface area contributed by atoms with Crippen molar-refractivity contribution in [2.75, 3.05) is 5.32 Å². The van der Waals surface area contributed by atoms with Crippen LogP contribution in [0.15, 0.2) is 48.8 Å². The number of nitriles is 2. The SMILES string of the molecule is N#Cc1cc(C(=O)Nc2ccc(Cc3cc(F)cc(F)c3)cn2)cnc1C#N. The number of hydrogen-bond donors (Lipinski definition) is 1. The van der Waals surface area contributed by atoms with Crippen LogP contribution in [0.5, 0.6) is 0 Å². The van der Waals surface area contributed by atoms with E-state index >= 15 is 0 Å². The summed E-state index contributed by atoms with van der Waals surface area (Å²) in [5.41, 5.74) is 1.21. The molecule has 2 heterocycles. The van der Waals surface area contributed by atoms with Crippen molar-refractivity contribution in [3.63, 3.8) is 0 Å². The Hall–Kier alpha value is -4.17. The van der Waals surface area contributed by atoms with Crippen LogP contribution in [0.3, 0.4) is 0 Å². The van der Waals surface area contributed by atoms with Gasteiger partial charge in [-0.25, -0.2) is 18.7 Å². The maximum Gasteiger partial charge on any atom is 0.258 e. The Bertz CT molecular complexity index is 1110. The topological polar surface area (TPSA) is 102 Å². The van der Waals surface area contributed by atoms with Crippen molar-refractivity contribution >= 4 is 11.7 Å². The number of benzene rings is 1. The first-order chi connectivity index (χ1) is 13.5. The first-order valence-corrected chi connectivity index (χ1v) is 8.00. The number of halogens is 2. The maximum absolute atomic E-state index is 13.3. The van der Waals surface area contributed by atoms with Crippen LogP contribution >= 0.6 is 0 Å². The quantitative estimate of drug-likeness (QED) is 0.753. The Labute approximate surface area is 158 Å². The molecule has 2 aromatic heterocycles. The summed E-state index contributed by atoms with van der Waals surface area (Å²) in [4.78, 5) is 20.1. The molecule has 3 rings (SSSR count). The van der Waals surface area contributed by atoms with Crippen molar-refractivity contribution in [3.05, 3.63) is 88.4 Å². The molecule has 1 amide bonds. The van der Waals surface area contributed by atoms with Crippen LogP contribution in [0.4, 0.5) is 14.6 Å². The highest BCUT2D eigenvalue weighted by Gasteiger charge is 2.12. The molecule has 136 valence electrons. The second-order valence-electron chi connectivity index (χ2n) is 5.80. The van der Waals surface area contributed by atoms with E-state index in [0.29, 0.717) is 11.1 Å². The van der Waals surface area contributed by atoms with Gasteiger partial charge in [0.15, 0.2) is 5.69 Å². The van der Waals surface area contributed by atoms with E-state index in [-0.39, 0.29) is 29.1 Å². The van der Waals surface area contributed by atoms with Gasteiger partial charge in [0.05, 0.1) is 11.1 Å². The van der Waals surface area contributed by atoms with E-state index in [0.717, 1.165) is 6.07 Å². The Morgan fingerprint density at radius 1 is 0.964 bits per heavy atom. The van der Waals surface area contributed by atoms with Crippen LogP contribution in [-0.4, -0.2) is 15.9 Å². The third kappa shape index (κ3) is 4.32. The molecular formula is C20H11F2N5O. The smallest absolute Gasteiger partial charge is 0.258 e. The van der Waals surface area contributed by atoms with Gasteiger partial charge in [0.25, 0.3) is 5.91 Å². The second kappa shape index (κ2) is 8.02. The number of nitrogens with zero attached hydrogens (tertiary/aromatic N) is 4. The second-order valence-corrected chi connectivity index (χ2v) is 5.80. The fourth-order valence-electron chi connectivity index (χ4n) is 2.50. The van der Waals surface area contributed by atoms with Crippen molar-refractivity contribution in [2.24, 2.45) is 0 Å². The number of carbonyl (C=O) groups excluding carboxylic acids is 1. The molecule has 3 aromatic rings. The lowest BCUT2D eigenvalue weighted by molar-refractivity contribution is 0.102. The Morgan fingerprint density at radius 2 is 1.71 bits per heavy atom. The van der Waals surface area contributed by atoms with Crippen molar-refractivity contribution in [1.29, 1.82) is 10.5 Å². The predicted molar refractivity (Wildman–Crippen MR) is 95.0 cm³/mol. The third-order valence-electron chi connectivity index (χ3n) is 3.77. The summed E-state index contributed by atoms with van der Waals surface area (Å²) in [6, 6.07) is 11.3. The molecule has 0 fully saturated rings. The van der Waals surface area contributed by atoms with Gasteiger partial charge < -0.3 is 5.32 Å². The number of rotatable bonds is 4. The largest absolute Gasteiger partial charge is 0.307 e. The number of aromatic nitrogens is 2. The van der Waals surface area contributed by atoms with E-state index in [2.05, 4.69) is 15.3 Å². The van der Waals surface area contributed by atoms with Gasteiger partial charge in [0.1, 0.15) is 29.6 Å². The van der Waals surface area contributed by atoms with Gasteiger partial charge in [0.2, 0.25) is 0 Å². The summed E-state index contributed by atoms with van der Waals surface area (Å²) >= 11 is 0. The molecule has 0 atom stereocenters. The summed E-state index contributed by atoms with van der Waals surface area (Å²) in [5, 5.41) is 20.4. The van der Waals surface area contributed by atoms with Crippen LogP contribution in [0.1, 0.15) is 32.7 Å². The number of nitrogens with one attached hydrogen (secondary N) is 1. The predicted octanol–water partition coefficient (Wildman–Crippen LogP) is 3.34. The molecule has 28 heavy (non-hydrogen) atoms. The minimum Gasteiger partial charge on any atom is -0.307 e. The fourth-order valence-corrected chi connectivity index (χ4v) is 2.50. The lowest BCUT2D eigenvalue weighted by atomic mass is 10.1. The van der Waals surface area contributed by atoms with Crippen LogP contribution in [0.2, 0.25) is 0 Å². The van der Waals surface area contributed by atoms with Crippen LogP contribution in [-0.2, 0) is 6.42 Å². The van der Waals surface area contributed by atoms with E-state index in [1.165, 1.54) is 30.6 Å². The minimum atomic E-state index is -0.653.